The highest BCUT2D eigenvalue weighted by atomic mass is 15.2. The minimum absolute atomic E-state index is 0.0877. The molecule has 0 spiro atoms. The van der Waals surface area contributed by atoms with Gasteiger partial charge in [-0.05, 0) is 69.8 Å². The van der Waals surface area contributed by atoms with Crippen LogP contribution in [0.15, 0.2) is 188 Å². The van der Waals surface area contributed by atoms with Gasteiger partial charge in [-0.15, -0.1) is 0 Å². The zero-order valence-corrected chi connectivity index (χ0v) is 32.6. The lowest BCUT2D eigenvalue weighted by Gasteiger charge is -2.21. The van der Waals surface area contributed by atoms with Gasteiger partial charge >= 0.3 is 0 Å². The van der Waals surface area contributed by atoms with E-state index in [1.807, 2.05) is 6.07 Å². The Bertz CT molecular complexity index is 3410. The van der Waals surface area contributed by atoms with Crippen molar-refractivity contribution in [3.8, 4) is 56.7 Å². The number of fused-ring (bicyclic) bond motifs is 10. The van der Waals surface area contributed by atoms with Gasteiger partial charge in [0.25, 0.3) is 0 Å². The van der Waals surface area contributed by atoms with E-state index in [4.69, 9.17) is 15.0 Å². The first-order valence-corrected chi connectivity index (χ1v) is 20.2. The van der Waals surface area contributed by atoms with Gasteiger partial charge in [0.15, 0.2) is 11.6 Å². The Labute approximate surface area is 341 Å². The van der Waals surface area contributed by atoms with E-state index in [2.05, 4.69) is 205 Å². The molecule has 0 N–H and O–H groups in total. The van der Waals surface area contributed by atoms with Crippen molar-refractivity contribution in [3.63, 3.8) is 0 Å². The average molecular weight is 756 g/mol. The van der Waals surface area contributed by atoms with Crippen molar-refractivity contribution >= 4 is 43.6 Å². The molecule has 12 rings (SSSR count). The van der Waals surface area contributed by atoms with Gasteiger partial charge < -0.3 is 4.57 Å². The van der Waals surface area contributed by atoms with Crippen LogP contribution in [0, 0.1) is 0 Å². The molecule has 5 nitrogen and oxygen atoms in total. The first kappa shape index (κ1) is 33.5. The maximum Gasteiger partial charge on any atom is 0.238 e. The Morgan fingerprint density at radius 3 is 1.68 bits per heavy atom. The zero-order chi connectivity index (χ0) is 39.2. The van der Waals surface area contributed by atoms with Crippen LogP contribution in [0.1, 0.15) is 25.0 Å². The molecule has 0 unspecified atom stereocenters. The van der Waals surface area contributed by atoms with E-state index >= 15 is 0 Å². The van der Waals surface area contributed by atoms with Crippen LogP contribution in [-0.2, 0) is 5.41 Å². The van der Waals surface area contributed by atoms with E-state index in [1.54, 1.807) is 0 Å². The molecule has 0 bridgehead atoms. The molecule has 0 radical (unpaired) electrons. The molecular weight excluding hydrogens is 719 g/mol. The van der Waals surface area contributed by atoms with Crippen molar-refractivity contribution in [2.24, 2.45) is 0 Å². The Kier molecular flexibility index (Phi) is 7.20. The van der Waals surface area contributed by atoms with Crippen LogP contribution in [0.5, 0.6) is 0 Å². The summed E-state index contributed by atoms with van der Waals surface area (Å²) >= 11 is 0. The number of benzene rings is 8. The molecule has 0 aliphatic heterocycles. The SMILES string of the molecule is CC1(C)c2ccccc2-c2c1ccc1c2c2ccccc2n1-c1cccc(-c2nc(-c3ccc(-c4ccccc4)cc3)nc(-n3c4ccccc4c4ccccc43)n2)c1. The van der Waals surface area contributed by atoms with E-state index < -0.39 is 0 Å². The van der Waals surface area contributed by atoms with Crippen LogP contribution in [-0.4, -0.2) is 24.1 Å². The van der Waals surface area contributed by atoms with E-state index in [-0.39, 0.29) is 5.41 Å². The second-order valence-electron chi connectivity index (χ2n) is 16.1. The monoisotopic (exact) mass is 755 g/mol. The standard InChI is InChI=1S/C54H37N5/c1-54(2)43-23-10-6-21-41(43)49-44(54)31-32-48-50(49)42-22-9-13-26-47(42)58(48)38-18-14-17-37(33-38)52-55-51(36-29-27-35(28-30-36)34-15-4-3-5-16-34)56-53(57-52)59-45-24-11-7-19-39(45)40-20-8-12-25-46(40)59/h3-33H,1-2H3. The van der Waals surface area contributed by atoms with E-state index in [0.717, 1.165) is 49.7 Å². The van der Waals surface area contributed by atoms with Gasteiger partial charge in [-0.25, -0.2) is 4.98 Å². The quantitative estimate of drug-likeness (QED) is 0.176. The molecule has 0 fully saturated rings. The molecule has 0 amide bonds. The van der Waals surface area contributed by atoms with E-state index in [1.165, 1.54) is 44.1 Å². The van der Waals surface area contributed by atoms with Gasteiger partial charge in [0.05, 0.1) is 22.1 Å². The summed E-state index contributed by atoms with van der Waals surface area (Å²) in [4.78, 5) is 15.8. The Morgan fingerprint density at radius 1 is 0.390 bits per heavy atom. The van der Waals surface area contributed by atoms with Crippen LogP contribution in [0.4, 0.5) is 0 Å². The summed E-state index contributed by atoms with van der Waals surface area (Å²) < 4.78 is 4.58. The van der Waals surface area contributed by atoms with Gasteiger partial charge in [0.2, 0.25) is 5.95 Å². The van der Waals surface area contributed by atoms with Crippen molar-refractivity contribution in [2.45, 2.75) is 19.3 Å². The van der Waals surface area contributed by atoms with Gasteiger partial charge in [-0.2, -0.15) is 9.97 Å². The molecule has 3 heterocycles. The summed E-state index contributed by atoms with van der Waals surface area (Å²) in [6.07, 6.45) is 0. The van der Waals surface area contributed by atoms with Crippen LogP contribution in [0.25, 0.3) is 100 Å². The fourth-order valence-corrected chi connectivity index (χ4v) is 9.62. The minimum Gasteiger partial charge on any atom is -0.309 e. The first-order valence-electron chi connectivity index (χ1n) is 20.2. The number of para-hydroxylation sites is 3. The lowest BCUT2D eigenvalue weighted by Crippen LogP contribution is -2.14. The summed E-state index contributed by atoms with van der Waals surface area (Å²) in [6, 6.07) is 66.9. The predicted octanol–water partition coefficient (Wildman–Crippen LogP) is 13.4. The molecule has 278 valence electrons. The third kappa shape index (κ3) is 5.01. The Morgan fingerprint density at radius 2 is 0.949 bits per heavy atom. The molecule has 0 saturated heterocycles. The summed E-state index contributed by atoms with van der Waals surface area (Å²) in [6.45, 7) is 4.70. The van der Waals surface area contributed by atoms with Crippen LogP contribution in [0.3, 0.4) is 0 Å². The molecule has 1 aliphatic carbocycles. The Balaban J connectivity index is 1.07. The van der Waals surface area contributed by atoms with Crippen LogP contribution >= 0.6 is 0 Å². The number of aromatic nitrogens is 5. The highest BCUT2D eigenvalue weighted by Crippen LogP contribution is 2.53. The fraction of sp³-hybridized carbons (Fsp3) is 0.0556. The maximum absolute atomic E-state index is 5.30. The molecule has 11 aromatic rings. The fourth-order valence-electron chi connectivity index (χ4n) is 9.62. The summed E-state index contributed by atoms with van der Waals surface area (Å²) in [5.74, 6) is 1.80. The van der Waals surface area contributed by atoms with Gasteiger partial charge in [0.1, 0.15) is 0 Å². The van der Waals surface area contributed by atoms with E-state index in [9.17, 15) is 0 Å². The lowest BCUT2D eigenvalue weighted by atomic mass is 9.82. The van der Waals surface area contributed by atoms with Gasteiger partial charge in [-0.1, -0.05) is 166 Å². The number of rotatable bonds is 5. The average Bonchev–Trinajstić information content (AvgIpc) is 3.90. The van der Waals surface area contributed by atoms with Crippen molar-refractivity contribution in [1.82, 2.24) is 24.1 Å². The predicted molar refractivity (Wildman–Crippen MR) is 242 cm³/mol. The molecule has 0 saturated carbocycles. The zero-order valence-electron chi connectivity index (χ0n) is 32.6. The number of hydrogen-bond acceptors (Lipinski definition) is 3. The van der Waals surface area contributed by atoms with E-state index in [0.29, 0.717) is 17.6 Å². The molecule has 3 aromatic heterocycles. The summed E-state index contributed by atoms with van der Waals surface area (Å²) in [5.41, 5.74) is 14.9. The molecule has 8 aromatic carbocycles. The highest BCUT2D eigenvalue weighted by molar-refractivity contribution is 6.18. The van der Waals surface area contributed by atoms with Crippen molar-refractivity contribution in [2.75, 3.05) is 0 Å². The second-order valence-corrected chi connectivity index (χ2v) is 16.1. The van der Waals surface area contributed by atoms with Crippen LogP contribution < -0.4 is 0 Å². The molecule has 59 heavy (non-hydrogen) atoms. The summed E-state index contributed by atoms with van der Waals surface area (Å²) in [5, 5.41) is 4.85. The number of hydrogen-bond donors (Lipinski definition) is 0. The normalized spacial score (nSPS) is 13.1. The molecular formula is C54H37N5. The van der Waals surface area contributed by atoms with Crippen molar-refractivity contribution in [3.05, 3.63) is 199 Å². The smallest absolute Gasteiger partial charge is 0.238 e. The van der Waals surface area contributed by atoms with Crippen LogP contribution in [0.2, 0.25) is 0 Å². The summed E-state index contributed by atoms with van der Waals surface area (Å²) in [7, 11) is 0. The molecule has 0 atom stereocenters. The van der Waals surface area contributed by atoms with Gasteiger partial charge in [0, 0.05) is 43.8 Å². The second kappa shape index (κ2) is 12.7. The minimum atomic E-state index is -0.0877. The molecule has 1 aliphatic rings. The molecule has 5 heteroatoms. The maximum atomic E-state index is 5.30. The third-order valence-corrected chi connectivity index (χ3v) is 12.4. The van der Waals surface area contributed by atoms with Gasteiger partial charge in [-0.3, -0.25) is 4.57 Å². The number of nitrogens with zero attached hydrogens (tertiary/aromatic N) is 5. The third-order valence-electron chi connectivity index (χ3n) is 12.4. The van der Waals surface area contributed by atoms with Crippen molar-refractivity contribution < 1.29 is 0 Å². The topological polar surface area (TPSA) is 48.5 Å². The lowest BCUT2D eigenvalue weighted by molar-refractivity contribution is 0.661. The largest absolute Gasteiger partial charge is 0.309 e. The Hall–Kier alpha value is -7.63. The highest BCUT2D eigenvalue weighted by Gasteiger charge is 2.37. The van der Waals surface area contributed by atoms with Crippen molar-refractivity contribution in [1.29, 1.82) is 0 Å². The first-order chi connectivity index (χ1) is 29.0.